The molecule has 1 fully saturated rings. The number of aromatic nitrogens is 4. The van der Waals surface area contributed by atoms with Crippen molar-refractivity contribution in [1.82, 2.24) is 24.6 Å². The van der Waals surface area contributed by atoms with Gasteiger partial charge in [0.15, 0.2) is 0 Å². The topological polar surface area (TPSA) is 105 Å². The zero-order valence-corrected chi connectivity index (χ0v) is 24.8. The van der Waals surface area contributed by atoms with Crippen molar-refractivity contribution in [1.29, 1.82) is 0 Å². The van der Waals surface area contributed by atoms with E-state index in [4.69, 9.17) is 4.74 Å². The van der Waals surface area contributed by atoms with Crippen LogP contribution in [0, 0.1) is 5.92 Å². The van der Waals surface area contributed by atoms with Gasteiger partial charge in [0.05, 0.1) is 11.9 Å². The molecule has 3 heterocycles. The van der Waals surface area contributed by atoms with E-state index in [2.05, 4.69) is 56.6 Å². The molecule has 0 amide bonds. The summed E-state index contributed by atoms with van der Waals surface area (Å²) in [5.41, 5.74) is 3.75. The van der Waals surface area contributed by atoms with Gasteiger partial charge in [-0.3, -0.25) is 4.68 Å². The predicted molar refractivity (Wildman–Crippen MR) is 161 cm³/mol. The van der Waals surface area contributed by atoms with Crippen molar-refractivity contribution in [2.24, 2.45) is 13.0 Å². The Kier molecular flexibility index (Phi) is 8.55. The van der Waals surface area contributed by atoms with E-state index < -0.39 is 10.0 Å². The van der Waals surface area contributed by atoms with Gasteiger partial charge in [-0.1, -0.05) is 38.1 Å². The molecule has 0 unspecified atom stereocenters. The van der Waals surface area contributed by atoms with Crippen LogP contribution in [-0.2, 0) is 23.5 Å². The molecule has 0 spiro atoms. The van der Waals surface area contributed by atoms with Crippen LogP contribution in [0.4, 0.5) is 11.6 Å². The molecule has 4 aromatic rings. The normalized spacial score (nSPS) is 14.4. The third kappa shape index (κ3) is 7.22. The second-order valence-corrected chi connectivity index (χ2v) is 12.5. The predicted octanol–water partition coefficient (Wildman–Crippen LogP) is 4.81. The number of likely N-dealkylation sites (N-methyl/N-ethyl adjacent to an activating group) is 1. The lowest BCUT2D eigenvalue weighted by atomic mass is 9.97. The average molecular weight is 576 g/mol. The smallest absolute Gasteiger partial charge is 0.267 e. The Morgan fingerprint density at radius 1 is 0.976 bits per heavy atom. The first-order valence-corrected chi connectivity index (χ1v) is 15.3. The maximum Gasteiger partial charge on any atom is 0.267 e. The van der Waals surface area contributed by atoms with Crippen LogP contribution < -0.4 is 14.4 Å². The fourth-order valence-corrected chi connectivity index (χ4v) is 5.65. The summed E-state index contributed by atoms with van der Waals surface area (Å²) in [7, 11) is -0.163. The van der Waals surface area contributed by atoms with Crippen molar-refractivity contribution >= 4 is 21.7 Å². The first kappa shape index (κ1) is 28.6. The standard InChI is InChI=1S/C30H37N7O3S/c1-22(2)9-10-23-7-5-6-8-27(23)28-19-29(33-30(32-28)34-41(38,39)26-20-31-36(4)21-26)40-25-13-11-24(12-14-25)37-17-15-35(3)16-18-37/h5-8,11-14,19-22H,9-10,15-18H2,1-4H3,(H,32,33,34). The van der Waals surface area contributed by atoms with Gasteiger partial charge in [0.25, 0.3) is 10.0 Å². The summed E-state index contributed by atoms with van der Waals surface area (Å²) in [5, 5.41) is 3.98. The molecule has 5 rings (SSSR count). The number of nitrogens with one attached hydrogen (secondary N) is 1. The number of sulfonamides is 1. The van der Waals surface area contributed by atoms with Crippen molar-refractivity contribution < 1.29 is 13.2 Å². The van der Waals surface area contributed by atoms with Crippen molar-refractivity contribution in [3.05, 3.63) is 72.6 Å². The minimum Gasteiger partial charge on any atom is -0.439 e. The number of nitrogens with zero attached hydrogens (tertiary/aromatic N) is 6. The van der Waals surface area contributed by atoms with Crippen LogP contribution in [0.3, 0.4) is 0 Å². The first-order chi connectivity index (χ1) is 19.7. The van der Waals surface area contributed by atoms with Gasteiger partial charge in [-0.15, -0.1) is 0 Å². The van der Waals surface area contributed by atoms with Crippen LogP contribution in [-0.4, -0.2) is 66.3 Å². The number of rotatable bonds is 10. The average Bonchev–Trinajstić information content (AvgIpc) is 3.40. The third-order valence-corrected chi connectivity index (χ3v) is 8.41. The van der Waals surface area contributed by atoms with Gasteiger partial charge >= 0.3 is 0 Å². The summed E-state index contributed by atoms with van der Waals surface area (Å²) in [6.07, 6.45) is 4.60. The van der Waals surface area contributed by atoms with E-state index in [1.54, 1.807) is 13.1 Å². The molecule has 0 saturated carbocycles. The van der Waals surface area contributed by atoms with Crippen molar-refractivity contribution in [2.45, 2.75) is 31.6 Å². The molecule has 0 radical (unpaired) electrons. The van der Waals surface area contributed by atoms with Crippen LogP contribution in [0.5, 0.6) is 11.6 Å². The van der Waals surface area contributed by atoms with E-state index in [1.807, 2.05) is 42.5 Å². The molecule has 216 valence electrons. The maximum absolute atomic E-state index is 13.1. The Hall–Kier alpha value is -3.96. The summed E-state index contributed by atoms with van der Waals surface area (Å²) in [6.45, 7) is 8.39. The third-order valence-electron chi connectivity index (χ3n) is 7.13. The molecule has 0 atom stereocenters. The van der Waals surface area contributed by atoms with E-state index in [9.17, 15) is 8.42 Å². The fraction of sp³-hybridized carbons (Fsp3) is 0.367. The van der Waals surface area contributed by atoms with Gasteiger partial charge in [-0.05, 0) is 55.6 Å². The molecule has 1 aliphatic rings. The zero-order valence-electron chi connectivity index (χ0n) is 24.0. The molecular formula is C30H37N7O3S. The SMILES string of the molecule is CC(C)CCc1ccccc1-c1cc(Oc2ccc(N3CCN(C)CC3)cc2)nc(NS(=O)(=O)c2cnn(C)c2)n1. The van der Waals surface area contributed by atoms with E-state index in [-0.39, 0.29) is 16.7 Å². The van der Waals surface area contributed by atoms with Gasteiger partial charge in [0.2, 0.25) is 11.8 Å². The lowest BCUT2D eigenvalue weighted by Gasteiger charge is -2.34. The van der Waals surface area contributed by atoms with Crippen LogP contribution in [0.1, 0.15) is 25.8 Å². The summed E-state index contributed by atoms with van der Waals surface area (Å²) in [6, 6.07) is 17.7. The van der Waals surface area contributed by atoms with Crippen LogP contribution in [0.25, 0.3) is 11.3 Å². The minimum absolute atomic E-state index is 0.0216. The number of piperazine rings is 1. The van der Waals surface area contributed by atoms with Crippen molar-refractivity contribution in [2.75, 3.05) is 42.8 Å². The highest BCUT2D eigenvalue weighted by atomic mass is 32.2. The van der Waals surface area contributed by atoms with Gasteiger partial charge in [-0.2, -0.15) is 10.1 Å². The molecule has 2 aromatic heterocycles. The van der Waals surface area contributed by atoms with E-state index in [0.29, 0.717) is 17.4 Å². The van der Waals surface area contributed by atoms with Crippen LogP contribution in [0.15, 0.2) is 71.9 Å². The number of aryl methyl sites for hydroxylation is 2. The van der Waals surface area contributed by atoms with E-state index >= 15 is 0 Å². The highest BCUT2D eigenvalue weighted by Gasteiger charge is 2.20. The highest BCUT2D eigenvalue weighted by Crippen LogP contribution is 2.31. The second-order valence-electron chi connectivity index (χ2n) is 10.8. The second kappa shape index (κ2) is 12.3. The highest BCUT2D eigenvalue weighted by molar-refractivity contribution is 7.92. The van der Waals surface area contributed by atoms with E-state index in [0.717, 1.165) is 55.8 Å². The molecule has 0 bridgehead atoms. The monoisotopic (exact) mass is 575 g/mol. The molecule has 1 N–H and O–H groups in total. The van der Waals surface area contributed by atoms with Gasteiger partial charge in [-0.25, -0.2) is 18.1 Å². The fourth-order valence-electron chi connectivity index (χ4n) is 4.72. The Labute approximate surface area is 242 Å². The largest absolute Gasteiger partial charge is 0.439 e. The molecule has 2 aromatic carbocycles. The molecule has 11 heteroatoms. The van der Waals surface area contributed by atoms with Gasteiger partial charge < -0.3 is 14.5 Å². The lowest BCUT2D eigenvalue weighted by molar-refractivity contribution is 0.313. The molecule has 1 aliphatic heterocycles. The van der Waals surface area contributed by atoms with E-state index in [1.165, 1.54) is 17.1 Å². The number of hydrogen-bond acceptors (Lipinski definition) is 8. The van der Waals surface area contributed by atoms with Crippen molar-refractivity contribution in [3.63, 3.8) is 0 Å². The molecule has 10 nitrogen and oxygen atoms in total. The number of anilines is 2. The molecule has 1 saturated heterocycles. The quantitative estimate of drug-likeness (QED) is 0.287. The lowest BCUT2D eigenvalue weighted by Crippen LogP contribution is -2.44. The molecule has 0 aliphatic carbocycles. The van der Waals surface area contributed by atoms with Gasteiger partial charge in [0, 0.05) is 56.7 Å². The van der Waals surface area contributed by atoms with Crippen LogP contribution >= 0.6 is 0 Å². The Morgan fingerprint density at radius 2 is 1.71 bits per heavy atom. The molecular weight excluding hydrogens is 538 g/mol. The Morgan fingerprint density at radius 3 is 2.39 bits per heavy atom. The maximum atomic E-state index is 13.1. The first-order valence-electron chi connectivity index (χ1n) is 13.9. The van der Waals surface area contributed by atoms with Crippen molar-refractivity contribution in [3.8, 4) is 22.9 Å². The number of ether oxygens (including phenoxy) is 1. The summed E-state index contributed by atoms with van der Waals surface area (Å²) >= 11 is 0. The minimum atomic E-state index is -3.96. The summed E-state index contributed by atoms with van der Waals surface area (Å²) < 4.78 is 36.3. The summed E-state index contributed by atoms with van der Waals surface area (Å²) in [5.74, 6) is 1.31. The number of benzene rings is 2. The van der Waals surface area contributed by atoms with Gasteiger partial charge in [0.1, 0.15) is 10.6 Å². The zero-order chi connectivity index (χ0) is 29.0. The molecule has 41 heavy (non-hydrogen) atoms. The number of hydrogen-bond donors (Lipinski definition) is 1. The van der Waals surface area contributed by atoms with Crippen LogP contribution in [0.2, 0.25) is 0 Å². The summed E-state index contributed by atoms with van der Waals surface area (Å²) in [4.78, 5) is 13.7. The Bertz CT molecular complexity index is 1580. The Balaban J connectivity index is 1.46.